The van der Waals surface area contributed by atoms with Crippen LogP contribution in [0.3, 0.4) is 0 Å². The molecule has 4 aromatic carbocycles. The largest absolute Gasteiger partial charge is 0.368 e. The normalized spacial score (nSPS) is 11.7. The Morgan fingerprint density at radius 1 is 0.733 bits per heavy atom. The number of rotatable bonds is 6. The van der Waals surface area contributed by atoms with Gasteiger partial charge in [0.25, 0.3) is 5.91 Å². The molecular weight excluding hydrogens is 372 g/mol. The summed E-state index contributed by atoms with van der Waals surface area (Å²) in [4.78, 5) is 24.7. The van der Waals surface area contributed by atoms with Crippen LogP contribution in [-0.4, -0.2) is 17.9 Å². The number of carbonyl (C=O) groups is 2. The van der Waals surface area contributed by atoms with Crippen molar-refractivity contribution in [2.24, 2.45) is 5.73 Å². The highest BCUT2D eigenvalue weighted by atomic mass is 16.2. The Hall–Kier alpha value is -3.92. The smallest absolute Gasteiger partial charge is 0.251 e. The highest BCUT2D eigenvalue weighted by molar-refractivity contribution is 5.97. The third-order valence-corrected chi connectivity index (χ3v) is 5.16. The Morgan fingerprint density at radius 2 is 1.37 bits per heavy atom. The molecule has 4 nitrogen and oxygen atoms in total. The summed E-state index contributed by atoms with van der Waals surface area (Å²) in [6.07, 6.45) is 0.341. The summed E-state index contributed by atoms with van der Waals surface area (Å²) in [7, 11) is 0. The van der Waals surface area contributed by atoms with Gasteiger partial charge in [-0.1, -0.05) is 84.9 Å². The van der Waals surface area contributed by atoms with E-state index in [1.54, 1.807) is 12.1 Å². The van der Waals surface area contributed by atoms with Gasteiger partial charge in [0.2, 0.25) is 5.91 Å². The van der Waals surface area contributed by atoms with E-state index in [1.807, 2.05) is 84.9 Å². The minimum absolute atomic E-state index is 0.320. The van der Waals surface area contributed by atoms with E-state index in [9.17, 15) is 9.59 Å². The predicted molar refractivity (Wildman–Crippen MR) is 120 cm³/mol. The molecule has 0 aliphatic carbocycles. The van der Waals surface area contributed by atoms with Crippen LogP contribution in [-0.2, 0) is 11.2 Å². The Morgan fingerprint density at radius 3 is 2.07 bits per heavy atom. The average molecular weight is 394 g/mol. The second-order valence-corrected chi connectivity index (χ2v) is 7.26. The number of hydrogen-bond donors (Lipinski definition) is 2. The highest BCUT2D eigenvalue weighted by Crippen LogP contribution is 2.20. The maximum atomic E-state index is 12.7. The van der Waals surface area contributed by atoms with E-state index >= 15 is 0 Å². The van der Waals surface area contributed by atoms with Crippen LogP contribution >= 0.6 is 0 Å². The summed E-state index contributed by atoms with van der Waals surface area (Å²) < 4.78 is 0. The van der Waals surface area contributed by atoms with Gasteiger partial charge in [0.15, 0.2) is 0 Å². The van der Waals surface area contributed by atoms with Gasteiger partial charge in [-0.05, 0) is 39.6 Å². The van der Waals surface area contributed by atoms with Gasteiger partial charge in [-0.15, -0.1) is 0 Å². The standard InChI is InChI=1S/C26H22N2O2/c27-25(29)24(17-18-10-11-20-8-4-5-9-23(20)16-18)28-26(30)22-14-12-21(13-15-22)19-6-2-1-3-7-19/h1-16,24H,17H2,(H2,27,29)(H,28,30)/t24-/m1/s1. The summed E-state index contributed by atoms with van der Waals surface area (Å²) >= 11 is 0. The molecule has 0 spiro atoms. The minimum Gasteiger partial charge on any atom is -0.368 e. The quantitative estimate of drug-likeness (QED) is 0.511. The van der Waals surface area contributed by atoms with E-state index in [4.69, 9.17) is 5.73 Å². The van der Waals surface area contributed by atoms with Crippen molar-refractivity contribution in [1.29, 1.82) is 0 Å². The van der Waals surface area contributed by atoms with Gasteiger partial charge in [0.1, 0.15) is 6.04 Å². The van der Waals surface area contributed by atoms with Gasteiger partial charge in [0.05, 0.1) is 0 Å². The Kier molecular flexibility index (Phi) is 5.57. The molecule has 3 N–H and O–H groups in total. The molecule has 2 amide bonds. The molecule has 0 radical (unpaired) electrons. The molecular formula is C26H22N2O2. The second-order valence-electron chi connectivity index (χ2n) is 7.26. The number of hydrogen-bond acceptors (Lipinski definition) is 2. The fourth-order valence-electron chi connectivity index (χ4n) is 3.51. The van der Waals surface area contributed by atoms with Crippen molar-refractivity contribution in [3.8, 4) is 11.1 Å². The van der Waals surface area contributed by atoms with Crippen LogP contribution in [0.2, 0.25) is 0 Å². The first-order chi connectivity index (χ1) is 14.6. The van der Waals surface area contributed by atoms with E-state index < -0.39 is 11.9 Å². The summed E-state index contributed by atoms with van der Waals surface area (Å²) in [5.41, 5.74) is 9.10. The zero-order valence-corrected chi connectivity index (χ0v) is 16.4. The number of primary amides is 1. The molecule has 4 aromatic rings. The van der Waals surface area contributed by atoms with Crippen LogP contribution < -0.4 is 11.1 Å². The molecule has 0 aromatic heterocycles. The topological polar surface area (TPSA) is 72.2 Å². The molecule has 1 atom stereocenters. The van der Waals surface area contributed by atoms with E-state index in [1.165, 1.54) is 0 Å². The maximum Gasteiger partial charge on any atom is 0.251 e. The third-order valence-electron chi connectivity index (χ3n) is 5.16. The van der Waals surface area contributed by atoms with Crippen molar-refractivity contribution >= 4 is 22.6 Å². The lowest BCUT2D eigenvalue weighted by Gasteiger charge is -2.16. The van der Waals surface area contributed by atoms with Gasteiger partial charge in [0, 0.05) is 12.0 Å². The summed E-state index contributed by atoms with van der Waals surface area (Å²) in [6, 6.07) is 30.4. The third kappa shape index (κ3) is 4.39. The van der Waals surface area contributed by atoms with Gasteiger partial charge in [-0.25, -0.2) is 0 Å². The van der Waals surface area contributed by atoms with Crippen molar-refractivity contribution in [2.75, 3.05) is 0 Å². The number of fused-ring (bicyclic) bond motifs is 1. The molecule has 30 heavy (non-hydrogen) atoms. The fourth-order valence-corrected chi connectivity index (χ4v) is 3.51. The molecule has 0 saturated carbocycles. The lowest BCUT2D eigenvalue weighted by atomic mass is 10.0. The number of amides is 2. The van der Waals surface area contributed by atoms with E-state index in [0.717, 1.165) is 27.5 Å². The average Bonchev–Trinajstić information content (AvgIpc) is 2.79. The van der Waals surface area contributed by atoms with Crippen molar-refractivity contribution in [3.63, 3.8) is 0 Å². The molecule has 0 aliphatic rings. The Balaban J connectivity index is 1.48. The molecule has 0 unspecified atom stereocenters. The molecule has 148 valence electrons. The lowest BCUT2D eigenvalue weighted by Crippen LogP contribution is -2.45. The molecule has 0 bridgehead atoms. The predicted octanol–water partition coefficient (Wildman–Crippen LogP) is 4.33. The number of nitrogens with two attached hydrogens (primary N) is 1. The molecule has 0 aliphatic heterocycles. The van der Waals surface area contributed by atoms with Crippen molar-refractivity contribution in [3.05, 3.63) is 108 Å². The van der Waals surface area contributed by atoms with E-state index in [-0.39, 0.29) is 5.91 Å². The maximum absolute atomic E-state index is 12.7. The minimum atomic E-state index is -0.785. The van der Waals surface area contributed by atoms with Gasteiger partial charge < -0.3 is 11.1 Å². The van der Waals surface area contributed by atoms with E-state index in [2.05, 4.69) is 5.32 Å². The molecule has 0 heterocycles. The zero-order chi connectivity index (χ0) is 20.9. The molecule has 0 fully saturated rings. The first-order valence-electron chi connectivity index (χ1n) is 9.83. The summed E-state index contributed by atoms with van der Waals surface area (Å²) in [6.45, 7) is 0. The summed E-state index contributed by atoms with van der Waals surface area (Å²) in [5, 5.41) is 4.98. The first-order valence-corrected chi connectivity index (χ1v) is 9.83. The summed E-state index contributed by atoms with van der Waals surface area (Å²) in [5.74, 6) is -0.878. The number of carbonyl (C=O) groups excluding carboxylic acids is 2. The SMILES string of the molecule is NC(=O)[C@@H](Cc1ccc2ccccc2c1)NC(=O)c1ccc(-c2ccccc2)cc1. The molecule has 0 saturated heterocycles. The van der Waals surface area contributed by atoms with E-state index in [0.29, 0.717) is 12.0 Å². The van der Waals surface area contributed by atoms with Gasteiger partial charge in [-0.3, -0.25) is 9.59 Å². The van der Waals surface area contributed by atoms with Crippen LogP contribution in [0.4, 0.5) is 0 Å². The number of nitrogens with one attached hydrogen (secondary N) is 1. The van der Waals surface area contributed by atoms with Crippen LogP contribution in [0.5, 0.6) is 0 Å². The van der Waals surface area contributed by atoms with Crippen molar-refractivity contribution in [1.82, 2.24) is 5.32 Å². The van der Waals surface area contributed by atoms with Crippen molar-refractivity contribution < 1.29 is 9.59 Å². The number of benzene rings is 4. The molecule has 4 rings (SSSR count). The first kappa shape index (κ1) is 19.4. The van der Waals surface area contributed by atoms with Crippen LogP contribution in [0, 0.1) is 0 Å². The lowest BCUT2D eigenvalue weighted by molar-refractivity contribution is -0.119. The van der Waals surface area contributed by atoms with Crippen molar-refractivity contribution in [2.45, 2.75) is 12.5 Å². The van der Waals surface area contributed by atoms with Crippen LogP contribution in [0.25, 0.3) is 21.9 Å². The molecule has 4 heteroatoms. The second kappa shape index (κ2) is 8.62. The zero-order valence-electron chi connectivity index (χ0n) is 16.4. The monoisotopic (exact) mass is 394 g/mol. The van der Waals surface area contributed by atoms with Crippen LogP contribution in [0.1, 0.15) is 15.9 Å². The Labute approximate surface area is 175 Å². The van der Waals surface area contributed by atoms with Crippen LogP contribution in [0.15, 0.2) is 97.1 Å². The Bertz CT molecular complexity index is 1180. The highest BCUT2D eigenvalue weighted by Gasteiger charge is 2.19. The van der Waals surface area contributed by atoms with Gasteiger partial charge >= 0.3 is 0 Å². The fraction of sp³-hybridized carbons (Fsp3) is 0.0769. The van der Waals surface area contributed by atoms with Gasteiger partial charge in [-0.2, -0.15) is 0 Å².